The number of aromatic hydroxyl groups is 1. The standard InChI is InChI=1S/C22H29NO4S/c1-4-6-12-22(5-2)15-23(17-10-8-7-9-11-17)18-13-20(27-3)19(24)14-21(18)28(25,26)16-22/h7-11,13-14,24H,4-6,12,15-16H2,1-3H3. The third kappa shape index (κ3) is 3.83. The second-order valence-electron chi connectivity index (χ2n) is 7.63. The molecular weight excluding hydrogens is 374 g/mol. The molecule has 3 rings (SSSR count). The maximum absolute atomic E-state index is 13.4. The molecule has 1 aliphatic heterocycles. The highest BCUT2D eigenvalue weighted by atomic mass is 32.2. The summed E-state index contributed by atoms with van der Waals surface area (Å²) >= 11 is 0. The van der Waals surface area contributed by atoms with Crippen LogP contribution in [-0.2, 0) is 9.84 Å². The van der Waals surface area contributed by atoms with Gasteiger partial charge in [0, 0.05) is 29.8 Å². The van der Waals surface area contributed by atoms with Gasteiger partial charge in [-0.3, -0.25) is 0 Å². The maximum Gasteiger partial charge on any atom is 0.181 e. The van der Waals surface area contributed by atoms with Crippen molar-refractivity contribution in [3.05, 3.63) is 42.5 Å². The Labute approximate surface area is 167 Å². The van der Waals surface area contributed by atoms with Gasteiger partial charge >= 0.3 is 0 Å². The first-order chi connectivity index (χ1) is 13.4. The van der Waals surface area contributed by atoms with Crippen molar-refractivity contribution in [1.29, 1.82) is 0 Å². The van der Waals surface area contributed by atoms with Crippen molar-refractivity contribution in [3.63, 3.8) is 0 Å². The summed E-state index contributed by atoms with van der Waals surface area (Å²) in [7, 11) is -2.10. The van der Waals surface area contributed by atoms with Crippen molar-refractivity contribution in [3.8, 4) is 11.5 Å². The van der Waals surface area contributed by atoms with E-state index in [4.69, 9.17) is 4.74 Å². The van der Waals surface area contributed by atoms with Crippen molar-refractivity contribution in [2.45, 2.75) is 44.4 Å². The molecule has 1 unspecified atom stereocenters. The average molecular weight is 404 g/mol. The van der Waals surface area contributed by atoms with Crippen LogP contribution in [0.4, 0.5) is 11.4 Å². The molecule has 0 aliphatic carbocycles. The number of unbranched alkanes of at least 4 members (excludes halogenated alkanes) is 1. The largest absolute Gasteiger partial charge is 0.504 e. The Morgan fingerprint density at radius 1 is 1.18 bits per heavy atom. The molecule has 1 atom stereocenters. The van der Waals surface area contributed by atoms with E-state index in [1.807, 2.05) is 30.3 Å². The molecule has 0 saturated heterocycles. The number of hydrogen-bond donors (Lipinski definition) is 1. The molecule has 0 spiro atoms. The normalized spacial score (nSPS) is 21.0. The SMILES string of the molecule is CCCCC1(CC)CN(c2ccccc2)c2cc(OC)c(O)cc2S(=O)(=O)C1. The van der Waals surface area contributed by atoms with Gasteiger partial charge in [-0.05, 0) is 25.0 Å². The quantitative estimate of drug-likeness (QED) is 0.742. The van der Waals surface area contributed by atoms with Gasteiger partial charge in [0.15, 0.2) is 21.3 Å². The van der Waals surface area contributed by atoms with Crippen molar-refractivity contribution in [2.75, 3.05) is 24.3 Å². The Bertz CT molecular complexity index is 927. The lowest BCUT2D eigenvalue weighted by molar-refractivity contribution is 0.290. The number of anilines is 2. The Balaban J connectivity index is 2.25. The van der Waals surface area contributed by atoms with Gasteiger partial charge in [-0.1, -0.05) is 44.9 Å². The Kier molecular flexibility index (Phi) is 5.89. The van der Waals surface area contributed by atoms with Gasteiger partial charge in [0.25, 0.3) is 0 Å². The maximum atomic E-state index is 13.4. The van der Waals surface area contributed by atoms with Crippen LogP contribution in [0, 0.1) is 5.41 Å². The van der Waals surface area contributed by atoms with Gasteiger partial charge in [0.1, 0.15) is 0 Å². The summed E-state index contributed by atoms with van der Waals surface area (Å²) in [6.45, 7) is 4.80. The Morgan fingerprint density at radius 2 is 1.89 bits per heavy atom. The minimum atomic E-state index is -3.57. The van der Waals surface area contributed by atoms with Crippen molar-refractivity contribution >= 4 is 21.2 Å². The lowest BCUT2D eigenvalue weighted by Crippen LogP contribution is -2.37. The minimum absolute atomic E-state index is 0.0819. The number of rotatable bonds is 6. The van der Waals surface area contributed by atoms with Crippen LogP contribution in [0.15, 0.2) is 47.4 Å². The first kappa shape index (κ1) is 20.5. The molecule has 0 amide bonds. The summed E-state index contributed by atoms with van der Waals surface area (Å²) in [5.41, 5.74) is 1.14. The van der Waals surface area contributed by atoms with E-state index in [1.165, 1.54) is 13.2 Å². The predicted octanol–water partition coefficient (Wildman–Crippen LogP) is 4.91. The lowest BCUT2D eigenvalue weighted by Gasteiger charge is -2.36. The molecular formula is C22H29NO4S. The van der Waals surface area contributed by atoms with Crippen LogP contribution in [-0.4, -0.2) is 32.9 Å². The molecule has 28 heavy (non-hydrogen) atoms. The summed E-state index contributed by atoms with van der Waals surface area (Å²) in [6, 6.07) is 12.8. The molecule has 5 nitrogen and oxygen atoms in total. The third-order valence-electron chi connectivity index (χ3n) is 5.75. The molecule has 0 saturated carbocycles. The predicted molar refractivity (Wildman–Crippen MR) is 112 cm³/mol. The number of nitrogens with zero attached hydrogens (tertiary/aromatic N) is 1. The topological polar surface area (TPSA) is 66.8 Å². The summed E-state index contributed by atoms with van der Waals surface area (Å²) in [5.74, 6) is 0.196. The van der Waals surface area contributed by atoms with Gasteiger partial charge in [0.05, 0.1) is 23.4 Å². The number of para-hydroxylation sites is 1. The summed E-state index contributed by atoms with van der Waals surface area (Å²) in [4.78, 5) is 2.24. The number of hydrogen-bond acceptors (Lipinski definition) is 5. The molecule has 2 aromatic rings. The molecule has 1 heterocycles. The van der Waals surface area contributed by atoms with E-state index in [2.05, 4.69) is 18.7 Å². The van der Waals surface area contributed by atoms with Crippen molar-refractivity contribution < 1.29 is 18.3 Å². The Morgan fingerprint density at radius 3 is 2.50 bits per heavy atom. The van der Waals surface area contributed by atoms with Gasteiger partial charge in [-0.25, -0.2) is 8.42 Å². The zero-order valence-electron chi connectivity index (χ0n) is 16.8. The molecule has 6 heteroatoms. The molecule has 0 aromatic heterocycles. The van der Waals surface area contributed by atoms with E-state index >= 15 is 0 Å². The Hall–Kier alpha value is -2.21. The smallest absolute Gasteiger partial charge is 0.181 e. The first-order valence-electron chi connectivity index (χ1n) is 9.82. The van der Waals surface area contributed by atoms with E-state index < -0.39 is 9.84 Å². The van der Waals surface area contributed by atoms with Crippen LogP contribution < -0.4 is 9.64 Å². The van der Waals surface area contributed by atoms with E-state index in [-0.39, 0.29) is 27.6 Å². The fourth-order valence-electron chi connectivity index (χ4n) is 4.04. The highest BCUT2D eigenvalue weighted by molar-refractivity contribution is 7.91. The summed E-state index contributed by atoms with van der Waals surface area (Å²) in [5, 5.41) is 10.3. The van der Waals surface area contributed by atoms with Crippen LogP contribution in [0.1, 0.15) is 39.5 Å². The zero-order valence-corrected chi connectivity index (χ0v) is 17.6. The highest BCUT2D eigenvalue weighted by Gasteiger charge is 2.41. The molecule has 0 bridgehead atoms. The second-order valence-corrected chi connectivity index (χ2v) is 9.59. The first-order valence-corrected chi connectivity index (χ1v) is 11.5. The number of phenolic OH excluding ortho intramolecular Hbond substituents is 1. The second kappa shape index (κ2) is 8.03. The molecule has 152 valence electrons. The van der Waals surface area contributed by atoms with Gasteiger partial charge in [0.2, 0.25) is 0 Å². The number of ether oxygens (including phenoxy) is 1. The van der Waals surface area contributed by atoms with Crippen LogP contribution in [0.5, 0.6) is 11.5 Å². The minimum Gasteiger partial charge on any atom is -0.504 e. The number of sulfone groups is 1. The van der Waals surface area contributed by atoms with Crippen molar-refractivity contribution in [2.24, 2.45) is 5.41 Å². The molecule has 1 N–H and O–H groups in total. The lowest BCUT2D eigenvalue weighted by atomic mass is 9.81. The number of methoxy groups -OCH3 is 1. The van der Waals surface area contributed by atoms with Crippen LogP contribution >= 0.6 is 0 Å². The third-order valence-corrected chi connectivity index (χ3v) is 7.74. The molecule has 2 aromatic carbocycles. The van der Waals surface area contributed by atoms with E-state index in [1.54, 1.807) is 6.07 Å². The van der Waals surface area contributed by atoms with Crippen LogP contribution in [0.3, 0.4) is 0 Å². The molecule has 1 aliphatic rings. The summed E-state index contributed by atoms with van der Waals surface area (Å²) < 4.78 is 32.0. The number of benzene rings is 2. The number of fused-ring (bicyclic) bond motifs is 1. The van der Waals surface area contributed by atoms with Crippen LogP contribution in [0.2, 0.25) is 0 Å². The fourth-order valence-corrected chi connectivity index (χ4v) is 6.22. The van der Waals surface area contributed by atoms with E-state index in [0.717, 1.165) is 31.4 Å². The van der Waals surface area contributed by atoms with Crippen LogP contribution in [0.25, 0.3) is 0 Å². The van der Waals surface area contributed by atoms with Crippen molar-refractivity contribution in [1.82, 2.24) is 0 Å². The molecule has 0 fully saturated rings. The highest BCUT2D eigenvalue weighted by Crippen LogP contribution is 2.47. The van der Waals surface area contributed by atoms with Gasteiger partial charge in [-0.15, -0.1) is 0 Å². The average Bonchev–Trinajstić information content (AvgIpc) is 2.79. The zero-order chi connectivity index (χ0) is 20.4. The summed E-state index contributed by atoms with van der Waals surface area (Å²) in [6.07, 6.45) is 3.62. The van der Waals surface area contributed by atoms with E-state index in [0.29, 0.717) is 12.2 Å². The van der Waals surface area contributed by atoms with E-state index in [9.17, 15) is 13.5 Å². The molecule has 0 radical (unpaired) electrons. The monoisotopic (exact) mass is 403 g/mol. The van der Waals surface area contributed by atoms with Gasteiger partial charge in [-0.2, -0.15) is 0 Å². The number of phenols is 1. The van der Waals surface area contributed by atoms with Gasteiger partial charge < -0.3 is 14.7 Å². The fraction of sp³-hybridized carbons (Fsp3) is 0.455.